The zero-order chi connectivity index (χ0) is 9.90. The molecule has 13 heavy (non-hydrogen) atoms. The maximum atomic E-state index is 10.4. The molecule has 0 aliphatic heterocycles. The van der Waals surface area contributed by atoms with Gasteiger partial charge in [-0.1, -0.05) is 19.0 Å². The highest BCUT2D eigenvalue weighted by Crippen LogP contribution is 2.34. The summed E-state index contributed by atoms with van der Waals surface area (Å²) in [6.07, 6.45) is 3.24. The van der Waals surface area contributed by atoms with Crippen molar-refractivity contribution in [3.63, 3.8) is 0 Å². The molecule has 74 valence electrons. The summed E-state index contributed by atoms with van der Waals surface area (Å²) in [5, 5.41) is 3.93. The van der Waals surface area contributed by atoms with E-state index in [1.807, 2.05) is 0 Å². The minimum atomic E-state index is -0.486. The molecular formula is C9H16N2O2. The number of hydrogen-bond donors (Lipinski definition) is 1. The van der Waals surface area contributed by atoms with Crippen LogP contribution >= 0.6 is 0 Å². The van der Waals surface area contributed by atoms with Crippen LogP contribution in [0.5, 0.6) is 0 Å². The number of carbonyl (C=O) groups is 1. The number of nitrogens with two attached hydrogens (primary N) is 1. The molecule has 1 aliphatic carbocycles. The Labute approximate surface area is 78.1 Å². The summed E-state index contributed by atoms with van der Waals surface area (Å²) in [7, 11) is 0. The maximum Gasteiger partial charge on any atom is 0.258 e. The van der Waals surface area contributed by atoms with Gasteiger partial charge in [0.05, 0.1) is 5.71 Å². The van der Waals surface area contributed by atoms with Crippen molar-refractivity contribution in [2.45, 2.75) is 33.1 Å². The molecule has 1 rings (SSSR count). The first kappa shape index (κ1) is 10.0. The van der Waals surface area contributed by atoms with Gasteiger partial charge in [0, 0.05) is 5.41 Å². The highest BCUT2D eigenvalue weighted by Gasteiger charge is 2.30. The van der Waals surface area contributed by atoms with Gasteiger partial charge in [-0.25, -0.2) is 0 Å². The molecule has 2 N–H and O–H groups in total. The van der Waals surface area contributed by atoms with E-state index >= 15 is 0 Å². The zero-order valence-electron chi connectivity index (χ0n) is 8.17. The number of rotatable bonds is 3. The third kappa shape index (κ3) is 2.72. The first-order chi connectivity index (χ1) is 6.02. The van der Waals surface area contributed by atoms with Crippen LogP contribution in [0.3, 0.4) is 0 Å². The van der Waals surface area contributed by atoms with Crippen LogP contribution in [0.25, 0.3) is 0 Å². The molecule has 4 heteroatoms. The van der Waals surface area contributed by atoms with Gasteiger partial charge >= 0.3 is 0 Å². The van der Waals surface area contributed by atoms with Crippen LogP contribution in [0, 0.1) is 5.41 Å². The first-order valence-electron chi connectivity index (χ1n) is 4.50. The molecule has 0 radical (unpaired) electrons. The van der Waals surface area contributed by atoms with Gasteiger partial charge in [-0.2, -0.15) is 0 Å². The number of nitrogens with zero attached hydrogens (tertiary/aromatic N) is 1. The van der Waals surface area contributed by atoms with E-state index in [2.05, 4.69) is 19.0 Å². The molecule has 0 atom stereocenters. The molecule has 0 unspecified atom stereocenters. The summed E-state index contributed by atoms with van der Waals surface area (Å²) < 4.78 is 0. The van der Waals surface area contributed by atoms with Crippen molar-refractivity contribution in [2.24, 2.45) is 16.3 Å². The average Bonchev–Trinajstić information content (AvgIpc) is 2.30. The van der Waals surface area contributed by atoms with Crippen molar-refractivity contribution in [3.8, 4) is 0 Å². The van der Waals surface area contributed by atoms with Gasteiger partial charge in [0.2, 0.25) is 0 Å². The molecule has 1 aliphatic rings. The lowest BCUT2D eigenvalue weighted by molar-refractivity contribution is -0.122. The number of primary amides is 1. The summed E-state index contributed by atoms with van der Waals surface area (Å²) in [4.78, 5) is 15.2. The van der Waals surface area contributed by atoms with E-state index in [4.69, 9.17) is 10.6 Å². The molecular weight excluding hydrogens is 168 g/mol. The van der Waals surface area contributed by atoms with Gasteiger partial charge in [0.15, 0.2) is 6.61 Å². The SMILES string of the molecule is CC1(C)CCC/C1=N\OCC(N)=O. The fourth-order valence-electron chi connectivity index (χ4n) is 1.52. The summed E-state index contributed by atoms with van der Waals surface area (Å²) in [6, 6.07) is 0. The Bertz CT molecular complexity index is 234. The molecule has 0 aromatic carbocycles. The third-order valence-corrected chi connectivity index (χ3v) is 2.38. The van der Waals surface area contributed by atoms with E-state index in [-0.39, 0.29) is 12.0 Å². The summed E-state index contributed by atoms with van der Waals surface area (Å²) in [5.74, 6) is -0.486. The van der Waals surface area contributed by atoms with Crippen molar-refractivity contribution in [1.29, 1.82) is 0 Å². The van der Waals surface area contributed by atoms with Crippen LogP contribution in [0.1, 0.15) is 33.1 Å². The standard InChI is InChI=1S/C9H16N2O2/c1-9(2)5-3-4-7(9)11-13-6-8(10)12/h3-6H2,1-2H3,(H2,10,12)/b11-7+. The normalized spacial score (nSPS) is 23.4. The quantitative estimate of drug-likeness (QED) is 0.666. The predicted molar refractivity (Wildman–Crippen MR) is 50.2 cm³/mol. The molecule has 0 aromatic heterocycles. The Morgan fingerprint density at radius 2 is 2.38 bits per heavy atom. The molecule has 0 heterocycles. The number of oxime groups is 1. The Kier molecular flexibility index (Phi) is 2.90. The van der Waals surface area contributed by atoms with Crippen LogP contribution in [-0.2, 0) is 9.63 Å². The van der Waals surface area contributed by atoms with Gasteiger partial charge in [0.1, 0.15) is 0 Å². The van der Waals surface area contributed by atoms with E-state index in [1.165, 1.54) is 0 Å². The zero-order valence-corrected chi connectivity index (χ0v) is 8.17. The number of carbonyl (C=O) groups excluding carboxylic acids is 1. The Morgan fingerprint density at radius 1 is 1.69 bits per heavy atom. The van der Waals surface area contributed by atoms with Gasteiger partial charge in [-0.3, -0.25) is 4.79 Å². The van der Waals surface area contributed by atoms with E-state index in [1.54, 1.807) is 0 Å². The average molecular weight is 184 g/mol. The highest BCUT2D eigenvalue weighted by molar-refractivity contribution is 5.91. The second-order valence-corrected chi connectivity index (χ2v) is 4.02. The lowest BCUT2D eigenvalue weighted by atomic mass is 9.90. The van der Waals surface area contributed by atoms with E-state index < -0.39 is 5.91 Å². The highest BCUT2D eigenvalue weighted by atomic mass is 16.6. The third-order valence-electron chi connectivity index (χ3n) is 2.38. The first-order valence-corrected chi connectivity index (χ1v) is 4.50. The van der Waals surface area contributed by atoms with E-state index in [0.717, 1.165) is 25.0 Å². The molecule has 1 saturated carbocycles. The largest absolute Gasteiger partial charge is 0.386 e. The number of amides is 1. The van der Waals surface area contributed by atoms with Crippen molar-refractivity contribution >= 4 is 11.6 Å². The monoisotopic (exact) mass is 184 g/mol. The number of hydrogen-bond acceptors (Lipinski definition) is 3. The minimum Gasteiger partial charge on any atom is -0.386 e. The van der Waals surface area contributed by atoms with Gasteiger partial charge in [-0.05, 0) is 19.3 Å². The molecule has 1 fully saturated rings. The maximum absolute atomic E-state index is 10.4. The van der Waals surface area contributed by atoms with Crippen LogP contribution in [0.2, 0.25) is 0 Å². The second kappa shape index (κ2) is 3.77. The second-order valence-electron chi connectivity index (χ2n) is 4.02. The van der Waals surface area contributed by atoms with Crippen molar-refractivity contribution in [2.75, 3.05) is 6.61 Å². The van der Waals surface area contributed by atoms with Crippen molar-refractivity contribution < 1.29 is 9.63 Å². The van der Waals surface area contributed by atoms with E-state index in [9.17, 15) is 4.79 Å². The molecule has 0 bridgehead atoms. The molecule has 0 saturated heterocycles. The Balaban J connectivity index is 2.46. The fourth-order valence-corrected chi connectivity index (χ4v) is 1.52. The van der Waals surface area contributed by atoms with Crippen molar-refractivity contribution in [1.82, 2.24) is 0 Å². The topological polar surface area (TPSA) is 64.7 Å². The van der Waals surface area contributed by atoms with Crippen LogP contribution in [-0.4, -0.2) is 18.2 Å². The van der Waals surface area contributed by atoms with Crippen molar-refractivity contribution in [3.05, 3.63) is 0 Å². The Hall–Kier alpha value is -1.06. The van der Waals surface area contributed by atoms with Gasteiger partial charge in [-0.15, -0.1) is 0 Å². The summed E-state index contributed by atoms with van der Waals surface area (Å²) in [6.45, 7) is 4.14. The molecule has 4 nitrogen and oxygen atoms in total. The van der Waals surface area contributed by atoms with Gasteiger partial charge < -0.3 is 10.6 Å². The molecule has 1 amide bonds. The lowest BCUT2D eigenvalue weighted by Crippen LogP contribution is -2.20. The minimum absolute atomic E-state index is 0.123. The van der Waals surface area contributed by atoms with Crippen LogP contribution in [0.15, 0.2) is 5.16 Å². The Morgan fingerprint density at radius 3 is 2.85 bits per heavy atom. The summed E-state index contributed by atoms with van der Waals surface area (Å²) >= 11 is 0. The molecule has 0 spiro atoms. The smallest absolute Gasteiger partial charge is 0.258 e. The lowest BCUT2D eigenvalue weighted by Gasteiger charge is -2.16. The predicted octanol–water partition coefficient (Wildman–Crippen LogP) is 1.05. The fraction of sp³-hybridized carbons (Fsp3) is 0.778. The van der Waals surface area contributed by atoms with Crippen LogP contribution in [0.4, 0.5) is 0 Å². The summed E-state index contributed by atoms with van der Waals surface area (Å²) in [5.41, 5.74) is 6.07. The van der Waals surface area contributed by atoms with Gasteiger partial charge in [0.25, 0.3) is 5.91 Å². The molecule has 0 aromatic rings. The van der Waals surface area contributed by atoms with E-state index in [0.29, 0.717) is 0 Å². The van der Waals surface area contributed by atoms with Crippen LogP contribution < -0.4 is 5.73 Å².